The molecule has 3 aliphatic rings. The molecule has 0 saturated carbocycles. The van der Waals surface area contributed by atoms with Gasteiger partial charge in [0.1, 0.15) is 54.6 Å². The summed E-state index contributed by atoms with van der Waals surface area (Å²) >= 11 is -0.00239. The summed E-state index contributed by atoms with van der Waals surface area (Å²) in [5.74, 6) is -1.81. The van der Waals surface area contributed by atoms with Crippen molar-refractivity contribution in [3.05, 3.63) is 62.4 Å². The van der Waals surface area contributed by atoms with Gasteiger partial charge in [0, 0.05) is 38.2 Å². The van der Waals surface area contributed by atoms with Gasteiger partial charge in [-0.25, -0.2) is 42.6 Å². The summed E-state index contributed by atoms with van der Waals surface area (Å²) < 4.78 is 110. The number of nitrogens with two attached hydrogens (primary N) is 2. The van der Waals surface area contributed by atoms with E-state index in [0.29, 0.717) is 0 Å². The Morgan fingerprint density at radius 1 is 0.770 bits per heavy atom. The number of anilines is 2. The Balaban J connectivity index is 0.939. The van der Waals surface area contributed by atoms with Crippen molar-refractivity contribution < 1.29 is 104 Å². The van der Waals surface area contributed by atoms with Gasteiger partial charge >= 0.3 is 41.5 Å². The number of aryl methyl sites for hydroxylation is 1. The maximum Gasteiger partial charge on any atom is 0.488 e. The summed E-state index contributed by atoms with van der Waals surface area (Å²) in [5.41, 5.74) is 9.41. The van der Waals surface area contributed by atoms with Gasteiger partial charge in [0.25, 0.3) is 16.7 Å². The van der Waals surface area contributed by atoms with Crippen molar-refractivity contribution in [1.82, 2.24) is 43.6 Å². The number of aliphatic hydroxyl groups is 3. The van der Waals surface area contributed by atoms with Crippen molar-refractivity contribution in [2.45, 2.75) is 67.5 Å². The van der Waals surface area contributed by atoms with E-state index in [1.165, 1.54) is 34.2 Å². The number of phosphoric acid groups is 3. The van der Waals surface area contributed by atoms with Crippen LogP contribution in [0, 0.1) is 5.92 Å². The molecule has 5 aromatic rings. The van der Waals surface area contributed by atoms with Gasteiger partial charge in [0.2, 0.25) is 18.5 Å². The smallest absolute Gasteiger partial charge is 0.387 e. The van der Waals surface area contributed by atoms with E-state index in [-0.39, 0.29) is 52.1 Å². The number of imidazole rings is 2. The predicted molar refractivity (Wildman–Crippen MR) is 244 cm³/mol. The van der Waals surface area contributed by atoms with E-state index < -0.39 is 139 Å². The maximum absolute atomic E-state index is 13.6. The summed E-state index contributed by atoms with van der Waals surface area (Å²) in [5, 5.41) is 32.6. The number of rotatable bonds is 21. The van der Waals surface area contributed by atoms with Gasteiger partial charge in [-0.15, -0.1) is 0 Å². The molecule has 408 valence electrons. The lowest BCUT2D eigenvalue weighted by Gasteiger charge is -2.26. The monoisotopic (exact) mass is 1150 g/mol. The molecular formula is C33H47N12O24P4S+. The molecule has 13 N–H and O–H groups in total. The SMILES string of the molecule is COC[C@H]1[C@@H](O)[C@H](n2c[n+](C)c3c(=O)[nH]c(N)nc32)O[C@@H]1CSP(=O)(O)OP(=O)(O)OP(=O)(O)OC[C@H]1O[C@@H](n2cnc3c(N)ncnc32)[C@H](OC)[C@@H]1OP(=O)(O)OC[C@H]1O[C@@H](n2ccc(=O)[nH]c2=O)[C@H](O)[C@@H]1O. The lowest BCUT2D eigenvalue weighted by molar-refractivity contribution is -0.646. The normalized spacial score (nSPS) is 30.6. The number of fused-ring (bicyclic) bond motifs is 2. The Morgan fingerprint density at radius 3 is 2.15 bits per heavy atom. The van der Waals surface area contributed by atoms with Crippen LogP contribution in [-0.2, 0) is 71.2 Å². The molecule has 0 bridgehead atoms. The molecule has 3 aliphatic heterocycles. The Bertz CT molecular complexity index is 3270. The molecule has 74 heavy (non-hydrogen) atoms. The number of H-pyrrole nitrogens is 2. The van der Waals surface area contributed by atoms with Crippen LogP contribution in [0.5, 0.6) is 0 Å². The van der Waals surface area contributed by atoms with Gasteiger partial charge in [0.05, 0.1) is 39.3 Å². The van der Waals surface area contributed by atoms with Crippen molar-refractivity contribution in [3.8, 4) is 0 Å². The number of nitrogens with one attached hydrogen (secondary N) is 2. The number of nitrogen functional groups attached to an aromatic ring is 2. The van der Waals surface area contributed by atoms with E-state index in [4.69, 9.17) is 48.7 Å². The minimum absolute atomic E-state index is 0.00239. The first-order valence-electron chi connectivity index (χ1n) is 21.1. The zero-order valence-electron chi connectivity index (χ0n) is 38.1. The number of aromatic nitrogens is 10. The number of aliphatic hydroxyl groups excluding tert-OH is 3. The topological polar surface area (TPSA) is 507 Å². The standard InChI is InChI=1S/C33H46N12O24P4S/c1-42-12-45(27-19(42)28(50)41-32(35)40-27)29-20(47)13(6-60-2)16(66-29)9-74-73(58,59)69-72(56,57)68-71(54,55)63-8-15-23(24(61-3)31(65-15)44-11-38-18-25(34)36-10-37-26(18)44)67-70(52,53)62-7-14-21(48)22(49)30(64-14)43-5-4-17(46)39-33(43)51/h4-5,10-16,20-24,29-31,47-49H,6-9H2,1-3H3,(H9-,34,35,36,37,39,40,41,46,50,51,52,53,54,55,56,57,58,59)/p+1/t13-,14-,15-,16-,20-,21-,22-,23-,24-,29-,30-,31-/m1/s1. The van der Waals surface area contributed by atoms with Gasteiger partial charge in [-0.2, -0.15) is 18.2 Å². The lowest BCUT2D eigenvalue weighted by Crippen LogP contribution is -2.38. The fourth-order valence-electron chi connectivity index (χ4n) is 8.27. The molecule has 8 rings (SSSR count). The summed E-state index contributed by atoms with van der Waals surface area (Å²) in [4.78, 5) is 99.8. The minimum atomic E-state index is -6.07. The molecule has 0 aromatic carbocycles. The van der Waals surface area contributed by atoms with Crippen LogP contribution >= 0.6 is 41.6 Å². The predicted octanol–water partition coefficient (Wildman–Crippen LogP) is -3.26. The Labute approximate surface area is 416 Å². The van der Waals surface area contributed by atoms with Crippen LogP contribution in [0.1, 0.15) is 18.7 Å². The molecule has 4 unspecified atom stereocenters. The zero-order valence-corrected chi connectivity index (χ0v) is 42.5. The van der Waals surface area contributed by atoms with Crippen LogP contribution in [-0.4, -0.2) is 167 Å². The summed E-state index contributed by atoms with van der Waals surface area (Å²) in [6, 6.07) is 0.929. The summed E-state index contributed by atoms with van der Waals surface area (Å²) in [6.45, 7) is -7.79. The van der Waals surface area contributed by atoms with Crippen molar-refractivity contribution in [2.75, 3.05) is 51.3 Å². The molecule has 5 aromatic heterocycles. The highest BCUT2D eigenvalue weighted by Gasteiger charge is 2.54. The van der Waals surface area contributed by atoms with Crippen molar-refractivity contribution >= 4 is 75.7 Å². The van der Waals surface area contributed by atoms with Gasteiger partial charge in [-0.05, 0) is 11.4 Å². The quantitative estimate of drug-likeness (QED) is 0.0254. The molecule has 0 amide bonds. The molecule has 16 atom stereocenters. The first-order valence-corrected chi connectivity index (χ1v) is 28.8. The average molecular weight is 1150 g/mol. The Morgan fingerprint density at radius 2 is 1.45 bits per heavy atom. The van der Waals surface area contributed by atoms with Crippen molar-refractivity contribution in [1.29, 1.82) is 0 Å². The van der Waals surface area contributed by atoms with Gasteiger partial charge in [-0.3, -0.25) is 42.3 Å². The van der Waals surface area contributed by atoms with Gasteiger partial charge in [0.15, 0.2) is 23.9 Å². The lowest BCUT2D eigenvalue weighted by atomic mass is 10.00. The third-order valence-corrected chi connectivity index (χ3v) is 19.1. The van der Waals surface area contributed by atoms with Crippen LogP contribution in [0.15, 0.2) is 45.6 Å². The van der Waals surface area contributed by atoms with Crippen LogP contribution in [0.4, 0.5) is 11.8 Å². The molecule has 0 spiro atoms. The number of methoxy groups -OCH3 is 2. The number of nitrogens with zero attached hydrogens (tertiary/aromatic N) is 8. The first-order chi connectivity index (χ1) is 34.7. The molecule has 41 heteroatoms. The Kier molecular flexibility index (Phi) is 16.4. The third kappa shape index (κ3) is 11.8. The highest BCUT2D eigenvalue weighted by molar-refractivity contribution is 8.55. The van der Waals surface area contributed by atoms with E-state index in [9.17, 15) is 67.5 Å². The molecule has 3 saturated heterocycles. The van der Waals surface area contributed by atoms with Gasteiger partial charge in [-0.1, -0.05) is 0 Å². The largest absolute Gasteiger partial charge is 0.488 e. The minimum Gasteiger partial charge on any atom is -0.387 e. The molecule has 36 nitrogen and oxygen atoms in total. The number of hydrogen-bond acceptors (Lipinski definition) is 27. The summed E-state index contributed by atoms with van der Waals surface area (Å²) in [7, 11) is -13.5. The number of hydrogen-bond donors (Lipinski definition) is 11. The van der Waals surface area contributed by atoms with E-state index in [1.54, 1.807) is 0 Å². The molecule has 3 fully saturated rings. The van der Waals surface area contributed by atoms with Crippen LogP contribution in [0.25, 0.3) is 22.3 Å². The number of phosphoric ester groups is 2. The van der Waals surface area contributed by atoms with E-state index in [2.05, 4.69) is 33.5 Å². The molecule has 0 aliphatic carbocycles. The highest BCUT2D eigenvalue weighted by atomic mass is 32.7. The second-order valence-corrected chi connectivity index (χ2v) is 24.9. The van der Waals surface area contributed by atoms with E-state index in [0.717, 1.165) is 36.6 Å². The Hall–Kier alpha value is -4.23. The van der Waals surface area contributed by atoms with E-state index in [1.807, 2.05) is 4.98 Å². The van der Waals surface area contributed by atoms with Crippen molar-refractivity contribution in [3.63, 3.8) is 0 Å². The first kappa shape index (κ1) is 56.0. The maximum atomic E-state index is 13.6. The fourth-order valence-corrected chi connectivity index (χ4v) is 15.3. The number of aromatic amines is 2. The average Bonchev–Trinajstić information content (AvgIpc) is 4.10. The molecule has 8 heterocycles. The second-order valence-electron chi connectivity index (χ2n) is 16.3. The molecule has 0 radical (unpaired) electrons. The van der Waals surface area contributed by atoms with Crippen LogP contribution < -0.4 is 32.8 Å². The van der Waals surface area contributed by atoms with Crippen LogP contribution in [0.2, 0.25) is 0 Å². The number of ether oxygens (including phenoxy) is 5. The zero-order chi connectivity index (χ0) is 53.8. The van der Waals surface area contributed by atoms with Gasteiger partial charge < -0.3 is 70.0 Å². The summed E-state index contributed by atoms with van der Waals surface area (Å²) in [6.07, 6.45) is -12.8. The highest BCUT2D eigenvalue weighted by Crippen LogP contribution is 2.71. The van der Waals surface area contributed by atoms with E-state index >= 15 is 0 Å². The second kappa shape index (κ2) is 21.7. The van der Waals surface area contributed by atoms with Crippen LogP contribution in [0.3, 0.4) is 0 Å². The molecular weight excluding hydrogens is 1100 g/mol. The van der Waals surface area contributed by atoms with Crippen molar-refractivity contribution in [2.24, 2.45) is 13.0 Å². The third-order valence-electron chi connectivity index (χ3n) is 11.5. The fraction of sp³-hybridized carbons (Fsp3) is 0.576.